The predicted molar refractivity (Wildman–Crippen MR) is 70.7 cm³/mol. The maximum Gasteiger partial charge on any atom is 0.279 e. The van der Waals surface area contributed by atoms with Crippen molar-refractivity contribution in [1.82, 2.24) is 9.03 Å². The molecular formula is C9H15BrN2O2S2. The maximum atomic E-state index is 11.7. The molecule has 0 bridgehead atoms. The first-order chi connectivity index (χ1) is 7.45. The van der Waals surface area contributed by atoms with Crippen LogP contribution in [0.4, 0.5) is 0 Å². The normalized spacial score (nSPS) is 12.2. The van der Waals surface area contributed by atoms with Gasteiger partial charge in [0, 0.05) is 34.9 Å². The number of hydrogen-bond acceptors (Lipinski definition) is 3. The van der Waals surface area contributed by atoms with Crippen molar-refractivity contribution in [3.05, 3.63) is 20.8 Å². The fraction of sp³-hybridized carbons (Fsp3) is 0.556. The lowest BCUT2D eigenvalue weighted by atomic mass is 10.5. The molecule has 1 N–H and O–H groups in total. The number of rotatable bonds is 6. The molecule has 0 amide bonds. The first kappa shape index (κ1) is 14.1. The van der Waals surface area contributed by atoms with E-state index >= 15 is 0 Å². The molecule has 0 spiro atoms. The Bertz CT molecular complexity index is 430. The Balaban J connectivity index is 2.61. The molecule has 1 aromatic heterocycles. The molecule has 0 aliphatic rings. The third-order valence-electron chi connectivity index (χ3n) is 1.95. The molecule has 92 valence electrons. The van der Waals surface area contributed by atoms with E-state index in [0.29, 0.717) is 13.1 Å². The summed E-state index contributed by atoms with van der Waals surface area (Å²) in [6.07, 6.45) is 0.789. The number of halogens is 1. The summed E-state index contributed by atoms with van der Waals surface area (Å²) in [6.45, 7) is 2.80. The molecule has 0 aliphatic carbocycles. The minimum atomic E-state index is -3.34. The zero-order chi connectivity index (χ0) is 12.2. The van der Waals surface area contributed by atoms with Crippen LogP contribution in [0.2, 0.25) is 0 Å². The van der Waals surface area contributed by atoms with Gasteiger partial charge in [-0.2, -0.15) is 12.7 Å². The molecule has 0 fully saturated rings. The van der Waals surface area contributed by atoms with E-state index in [4.69, 9.17) is 0 Å². The highest BCUT2D eigenvalue weighted by Gasteiger charge is 2.17. The van der Waals surface area contributed by atoms with Gasteiger partial charge in [0.05, 0.1) is 0 Å². The van der Waals surface area contributed by atoms with Crippen molar-refractivity contribution < 1.29 is 8.42 Å². The number of nitrogens with zero attached hydrogens (tertiary/aromatic N) is 1. The maximum absolute atomic E-state index is 11.7. The minimum Gasteiger partial charge on any atom is -0.202 e. The first-order valence-corrected chi connectivity index (χ1v) is 8.01. The monoisotopic (exact) mass is 326 g/mol. The van der Waals surface area contributed by atoms with E-state index in [9.17, 15) is 8.42 Å². The summed E-state index contributed by atoms with van der Waals surface area (Å²) in [6, 6.07) is 1.93. The summed E-state index contributed by atoms with van der Waals surface area (Å²) >= 11 is 4.88. The lowest BCUT2D eigenvalue weighted by molar-refractivity contribution is 0.457. The van der Waals surface area contributed by atoms with E-state index < -0.39 is 10.2 Å². The van der Waals surface area contributed by atoms with Gasteiger partial charge in [-0.25, -0.2) is 4.72 Å². The molecular weight excluding hydrogens is 312 g/mol. The van der Waals surface area contributed by atoms with Crippen LogP contribution in [0, 0.1) is 0 Å². The van der Waals surface area contributed by atoms with E-state index in [1.54, 1.807) is 7.05 Å². The zero-order valence-corrected chi connectivity index (χ0v) is 12.5. The number of thiophene rings is 1. The molecule has 0 aliphatic heterocycles. The molecule has 4 nitrogen and oxygen atoms in total. The summed E-state index contributed by atoms with van der Waals surface area (Å²) in [7, 11) is -1.76. The molecule has 7 heteroatoms. The van der Waals surface area contributed by atoms with E-state index in [1.807, 2.05) is 18.4 Å². The fourth-order valence-electron chi connectivity index (χ4n) is 1.08. The Labute approximate surface area is 109 Å². The Morgan fingerprint density at radius 1 is 1.56 bits per heavy atom. The molecule has 0 aromatic carbocycles. The summed E-state index contributed by atoms with van der Waals surface area (Å²) < 4.78 is 28.2. The molecule has 1 rings (SSSR count). The van der Waals surface area contributed by atoms with Gasteiger partial charge in [-0.3, -0.25) is 0 Å². The first-order valence-electron chi connectivity index (χ1n) is 4.89. The van der Waals surface area contributed by atoms with E-state index in [0.717, 1.165) is 15.8 Å². The molecule has 0 saturated carbocycles. The molecule has 0 radical (unpaired) electrons. The molecule has 0 unspecified atom stereocenters. The van der Waals surface area contributed by atoms with Crippen LogP contribution in [0.25, 0.3) is 0 Å². The summed E-state index contributed by atoms with van der Waals surface area (Å²) in [5.41, 5.74) is 0. The van der Waals surface area contributed by atoms with Gasteiger partial charge < -0.3 is 0 Å². The topological polar surface area (TPSA) is 49.4 Å². The Hall–Kier alpha value is 0.0500. The van der Waals surface area contributed by atoms with Gasteiger partial charge in [0.15, 0.2) is 0 Å². The van der Waals surface area contributed by atoms with Crippen molar-refractivity contribution in [3.8, 4) is 0 Å². The standard InChI is InChI=1S/C9H15BrN2O2S2/c1-3-4-11-16(13,14)12(2)6-9-5-8(10)7-15-9/h5,7,11H,3-4,6H2,1-2H3. The van der Waals surface area contributed by atoms with Gasteiger partial charge in [-0.1, -0.05) is 6.92 Å². The zero-order valence-electron chi connectivity index (χ0n) is 9.23. The highest BCUT2D eigenvalue weighted by Crippen LogP contribution is 2.21. The smallest absolute Gasteiger partial charge is 0.202 e. The van der Waals surface area contributed by atoms with Crippen LogP contribution in [0.15, 0.2) is 15.9 Å². The third kappa shape index (κ3) is 4.14. The predicted octanol–water partition coefficient (Wildman–Crippen LogP) is 2.19. The molecule has 1 heterocycles. The molecule has 1 aromatic rings. The summed E-state index contributed by atoms with van der Waals surface area (Å²) in [5.74, 6) is 0. The van der Waals surface area contributed by atoms with Crippen LogP contribution >= 0.6 is 27.3 Å². The summed E-state index contributed by atoms with van der Waals surface area (Å²) in [5, 5.41) is 1.94. The average Bonchev–Trinajstić information content (AvgIpc) is 2.61. The van der Waals surface area contributed by atoms with E-state index in [-0.39, 0.29) is 0 Å². The van der Waals surface area contributed by atoms with Gasteiger partial charge >= 0.3 is 0 Å². The van der Waals surface area contributed by atoms with Crippen LogP contribution in [-0.4, -0.2) is 26.3 Å². The van der Waals surface area contributed by atoms with Gasteiger partial charge in [0.2, 0.25) is 0 Å². The van der Waals surface area contributed by atoms with Crippen molar-refractivity contribution in [1.29, 1.82) is 0 Å². The second-order valence-electron chi connectivity index (χ2n) is 3.39. The minimum absolute atomic E-state index is 0.398. The average molecular weight is 327 g/mol. The highest BCUT2D eigenvalue weighted by atomic mass is 79.9. The quantitative estimate of drug-likeness (QED) is 0.871. The molecule has 0 atom stereocenters. The van der Waals surface area contributed by atoms with Crippen molar-refractivity contribution in [2.45, 2.75) is 19.9 Å². The van der Waals surface area contributed by atoms with Crippen molar-refractivity contribution in [3.63, 3.8) is 0 Å². The van der Waals surface area contributed by atoms with Crippen molar-refractivity contribution in [2.24, 2.45) is 0 Å². The lowest BCUT2D eigenvalue weighted by Gasteiger charge is -2.16. The van der Waals surface area contributed by atoms with Crippen molar-refractivity contribution in [2.75, 3.05) is 13.6 Å². The largest absolute Gasteiger partial charge is 0.279 e. The van der Waals surface area contributed by atoms with Crippen LogP contribution in [-0.2, 0) is 16.8 Å². The summed E-state index contributed by atoms with van der Waals surface area (Å²) in [4.78, 5) is 1.01. The van der Waals surface area contributed by atoms with E-state index in [1.165, 1.54) is 15.6 Å². The Kier molecular flexibility index (Phi) is 5.39. The van der Waals surface area contributed by atoms with Crippen molar-refractivity contribution >= 4 is 37.5 Å². The Morgan fingerprint density at radius 2 is 2.25 bits per heavy atom. The molecule has 16 heavy (non-hydrogen) atoms. The van der Waals surface area contributed by atoms with Crippen LogP contribution in [0.5, 0.6) is 0 Å². The highest BCUT2D eigenvalue weighted by molar-refractivity contribution is 9.10. The second kappa shape index (κ2) is 6.11. The number of nitrogens with one attached hydrogen (secondary N) is 1. The van der Waals surface area contributed by atoms with Crippen LogP contribution in [0.3, 0.4) is 0 Å². The fourth-order valence-corrected chi connectivity index (χ4v) is 3.66. The second-order valence-corrected chi connectivity index (χ2v) is 7.16. The molecule has 0 saturated heterocycles. The van der Waals surface area contributed by atoms with Crippen LogP contribution in [0.1, 0.15) is 18.2 Å². The third-order valence-corrected chi connectivity index (χ3v) is 5.15. The lowest BCUT2D eigenvalue weighted by Crippen LogP contribution is -2.37. The number of hydrogen-bond donors (Lipinski definition) is 1. The van der Waals surface area contributed by atoms with E-state index in [2.05, 4.69) is 20.7 Å². The van der Waals surface area contributed by atoms with Gasteiger partial charge in [0.1, 0.15) is 0 Å². The SMILES string of the molecule is CCCNS(=O)(=O)N(C)Cc1cc(Br)cs1. The Morgan fingerprint density at radius 3 is 2.75 bits per heavy atom. The van der Waals surface area contributed by atoms with Gasteiger partial charge in [0.25, 0.3) is 10.2 Å². The van der Waals surface area contributed by atoms with Crippen LogP contribution < -0.4 is 4.72 Å². The van der Waals surface area contributed by atoms with Gasteiger partial charge in [-0.15, -0.1) is 11.3 Å². The van der Waals surface area contributed by atoms with Gasteiger partial charge in [-0.05, 0) is 28.4 Å².